The quantitative estimate of drug-likeness (QED) is 0.405. The maximum atomic E-state index is 12.1. The third-order valence-electron chi connectivity index (χ3n) is 4.36. The Morgan fingerprint density at radius 1 is 1.00 bits per heavy atom. The van der Waals surface area contributed by atoms with Gasteiger partial charge in [0.25, 0.3) is 5.91 Å². The van der Waals surface area contributed by atoms with Gasteiger partial charge in [0.05, 0.1) is 0 Å². The number of rotatable bonds is 8. The second-order valence-electron chi connectivity index (χ2n) is 6.81. The zero-order chi connectivity index (χ0) is 20.4. The fourth-order valence-corrected chi connectivity index (χ4v) is 2.94. The summed E-state index contributed by atoms with van der Waals surface area (Å²) in [4.78, 5) is 17.9. The first-order chi connectivity index (χ1) is 13.5. The van der Waals surface area contributed by atoms with Crippen molar-refractivity contribution in [2.75, 3.05) is 34.2 Å². The molecule has 0 aromatic heterocycles. The number of aliphatic imine (C=N–C) groups is 1. The Bertz CT molecular complexity index is 787. The van der Waals surface area contributed by atoms with Gasteiger partial charge >= 0.3 is 0 Å². The number of guanidine groups is 1. The predicted octanol–water partition coefficient (Wildman–Crippen LogP) is 3.38. The van der Waals surface area contributed by atoms with E-state index in [0.717, 1.165) is 48.9 Å². The van der Waals surface area contributed by atoms with Crippen molar-refractivity contribution in [1.82, 2.24) is 15.5 Å². The Balaban J connectivity index is 1.71. The molecule has 0 saturated carbocycles. The molecule has 0 heterocycles. The Morgan fingerprint density at radius 2 is 1.71 bits per heavy atom. The molecular weight excluding hydrogens is 372 g/mol. The van der Waals surface area contributed by atoms with Crippen molar-refractivity contribution in [2.24, 2.45) is 4.99 Å². The zero-order valence-electron chi connectivity index (χ0n) is 16.8. The molecule has 6 heteroatoms. The van der Waals surface area contributed by atoms with Crippen LogP contribution in [0.15, 0.2) is 53.5 Å². The highest BCUT2D eigenvalue weighted by atomic mass is 35.5. The van der Waals surface area contributed by atoms with Crippen LogP contribution in [0.2, 0.25) is 5.02 Å². The Kier molecular flexibility index (Phi) is 8.82. The Morgan fingerprint density at radius 3 is 2.39 bits per heavy atom. The van der Waals surface area contributed by atoms with Crippen LogP contribution in [0.4, 0.5) is 0 Å². The summed E-state index contributed by atoms with van der Waals surface area (Å²) in [5, 5.41) is 7.42. The fraction of sp³-hybridized carbons (Fsp3) is 0.364. The van der Waals surface area contributed by atoms with Crippen molar-refractivity contribution in [3.8, 4) is 0 Å². The third kappa shape index (κ3) is 7.24. The molecule has 2 aromatic rings. The summed E-state index contributed by atoms with van der Waals surface area (Å²) < 4.78 is 0. The minimum atomic E-state index is 0.0213. The van der Waals surface area contributed by atoms with Crippen LogP contribution in [0.3, 0.4) is 0 Å². The summed E-state index contributed by atoms with van der Waals surface area (Å²) in [5.41, 5.74) is 3.12. The number of aryl methyl sites for hydroxylation is 1. The lowest BCUT2D eigenvalue weighted by molar-refractivity contribution is 0.0827. The van der Waals surface area contributed by atoms with Gasteiger partial charge < -0.3 is 15.5 Å². The van der Waals surface area contributed by atoms with Crippen LogP contribution in [0, 0.1) is 0 Å². The molecule has 0 aliphatic heterocycles. The lowest BCUT2D eigenvalue weighted by atomic mass is 10.1. The molecule has 0 fully saturated rings. The van der Waals surface area contributed by atoms with E-state index in [-0.39, 0.29) is 5.91 Å². The van der Waals surface area contributed by atoms with E-state index >= 15 is 0 Å². The van der Waals surface area contributed by atoms with Gasteiger partial charge in [-0.3, -0.25) is 9.79 Å². The largest absolute Gasteiger partial charge is 0.356 e. The van der Waals surface area contributed by atoms with E-state index in [9.17, 15) is 4.79 Å². The van der Waals surface area contributed by atoms with Crippen LogP contribution in [-0.2, 0) is 12.8 Å². The van der Waals surface area contributed by atoms with Gasteiger partial charge in [-0.1, -0.05) is 35.9 Å². The standard InChI is InChI=1S/C22H29ClN4O/c1-24-22(25-14-5-7-17-9-11-20(23)12-10-17)26-15-13-18-6-4-8-19(16-18)21(28)27(2)3/h4,6,8-12,16H,5,7,13-15H2,1-3H3,(H2,24,25,26). The highest BCUT2D eigenvalue weighted by molar-refractivity contribution is 6.30. The van der Waals surface area contributed by atoms with Crippen molar-refractivity contribution < 1.29 is 4.79 Å². The number of benzene rings is 2. The summed E-state index contributed by atoms with van der Waals surface area (Å²) in [5.74, 6) is 0.810. The number of amides is 1. The van der Waals surface area contributed by atoms with E-state index in [1.807, 2.05) is 36.4 Å². The first kappa shape index (κ1) is 21.8. The topological polar surface area (TPSA) is 56.7 Å². The third-order valence-corrected chi connectivity index (χ3v) is 4.61. The summed E-state index contributed by atoms with van der Waals surface area (Å²) in [6, 6.07) is 15.7. The van der Waals surface area contributed by atoms with Gasteiger partial charge in [-0.15, -0.1) is 0 Å². The van der Waals surface area contributed by atoms with Crippen LogP contribution < -0.4 is 10.6 Å². The monoisotopic (exact) mass is 400 g/mol. The molecule has 5 nitrogen and oxygen atoms in total. The van der Waals surface area contributed by atoms with Gasteiger partial charge in [-0.05, 0) is 54.7 Å². The summed E-state index contributed by atoms with van der Waals surface area (Å²) in [6.45, 7) is 1.59. The number of carbonyl (C=O) groups is 1. The van der Waals surface area contributed by atoms with Crippen LogP contribution in [-0.4, -0.2) is 51.0 Å². The van der Waals surface area contributed by atoms with E-state index in [0.29, 0.717) is 5.56 Å². The van der Waals surface area contributed by atoms with Crippen molar-refractivity contribution in [3.63, 3.8) is 0 Å². The normalized spacial score (nSPS) is 11.2. The number of nitrogens with zero attached hydrogens (tertiary/aromatic N) is 2. The van der Waals surface area contributed by atoms with Crippen molar-refractivity contribution in [1.29, 1.82) is 0 Å². The Labute approximate surface area is 172 Å². The first-order valence-corrected chi connectivity index (χ1v) is 9.87. The fourth-order valence-electron chi connectivity index (χ4n) is 2.81. The average molecular weight is 401 g/mol. The Hall–Kier alpha value is -2.53. The molecule has 0 bridgehead atoms. The van der Waals surface area contributed by atoms with Gasteiger partial charge in [-0.25, -0.2) is 0 Å². The van der Waals surface area contributed by atoms with E-state index in [4.69, 9.17) is 11.6 Å². The number of hydrogen-bond acceptors (Lipinski definition) is 2. The lowest BCUT2D eigenvalue weighted by Crippen LogP contribution is -2.38. The molecule has 1 amide bonds. The van der Waals surface area contributed by atoms with Gasteiger partial charge in [0, 0.05) is 44.8 Å². The molecule has 2 rings (SSSR count). The molecular formula is C22H29ClN4O. The number of carbonyl (C=O) groups excluding carboxylic acids is 1. The SMILES string of the molecule is CN=C(NCCCc1ccc(Cl)cc1)NCCc1cccc(C(=O)N(C)C)c1. The van der Waals surface area contributed by atoms with E-state index in [2.05, 4.69) is 27.8 Å². The van der Waals surface area contributed by atoms with Gasteiger partial charge in [0.1, 0.15) is 0 Å². The number of halogens is 1. The molecule has 0 unspecified atom stereocenters. The highest BCUT2D eigenvalue weighted by Crippen LogP contribution is 2.10. The summed E-state index contributed by atoms with van der Waals surface area (Å²) in [7, 11) is 5.29. The van der Waals surface area contributed by atoms with Crippen LogP contribution in [0.5, 0.6) is 0 Å². The number of hydrogen-bond donors (Lipinski definition) is 2. The molecule has 2 N–H and O–H groups in total. The van der Waals surface area contributed by atoms with Crippen LogP contribution in [0.25, 0.3) is 0 Å². The van der Waals surface area contributed by atoms with Crippen LogP contribution in [0.1, 0.15) is 27.9 Å². The highest BCUT2D eigenvalue weighted by Gasteiger charge is 2.08. The average Bonchev–Trinajstić information content (AvgIpc) is 2.70. The number of nitrogens with one attached hydrogen (secondary N) is 2. The van der Waals surface area contributed by atoms with E-state index in [1.165, 1.54) is 5.56 Å². The van der Waals surface area contributed by atoms with Crippen molar-refractivity contribution in [2.45, 2.75) is 19.3 Å². The lowest BCUT2D eigenvalue weighted by Gasteiger charge is -2.13. The van der Waals surface area contributed by atoms with Crippen molar-refractivity contribution >= 4 is 23.5 Å². The van der Waals surface area contributed by atoms with Crippen molar-refractivity contribution in [3.05, 3.63) is 70.2 Å². The van der Waals surface area contributed by atoms with E-state index in [1.54, 1.807) is 26.0 Å². The predicted molar refractivity (Wildman–Crippen MR) is 117 cm³/mol. The molecule has 0 radical (unpaired) electrons. The maximum absolute atomic E-state index is 12.1. The van der Waals surface area contributed by atoms with E-state index < -0.39 is 0 Å². The second-order valence-corrected chi connectivity index (χ2v) is 7.24. The molecule has 0 aliphatic rings. The second kappa shape index (κ2) is 11.3. The molecule has 0 spiro atoms. The molecule has 28 heavy (non-hydrogen) atoms. The molecule has 0 aliphatic carbocycles. The molecule has 150 valence electrons. The van der Waals surface area contributed by atoms with Crippen LogP contribution >= 0.6 is 11.6 Å². The summed E-state index contributed by atoms with van der Waals surface area (Å²) >= 11 is 5.91. The smallest absolute Gasteiger partial charge is 0.253 e. The minimum Gasteiger partial charge on any atom is -0.356 e. The van der Waals surface area contributed by atoms with Gasteiger partial charge in [0.15, 0.2) is 5.96 Å². The minimum absolute atomic E-state index is 0.0213. The van der Waals surface area contributed by atoms with Gasteiger partial charge in [0.2, 0.25) is 0 Å². The molecule has 2 aromatic carbocycles. The molecule has 0 saturated heterocycles. The summed E-state index contributed by atoms with van der Waals surface area (Å²) in [6.07, 6.45) is 2.82. The maximum Gasteiger partial charge on any atom is 0.253 e. The first-order valence-electron chi connectivity index (χ1n) is 9.49. The molecule has 0 atom stereocenters. The van der Waals surface area contributed by atoms with Gasteiger partial charge in [-0.2, -0.15) is 0 Å². The zero-order valence-corrected chi connectivity index (χ0v) is 17.6.